The van der Waals surface area contributed by atoms with Crippen molar-refractivity contribution in [3.05, 3.63) is 60.7 Å². The number of benzene rings is 2. The Morgan fingerprint density at radius 2 is 0.875 bits per heavy atom. The van der Waals surface area contributed by atoms with E-state index in [0.717, 1.165) is 9.79 Å². The van der Waals surface area contributed by atoms with Crippen molar-refractivity contribution in [1.82, 2.24) is 0 Å². The Labute approximate surface area is 128 Å². The van der Waals surface area contributed by atoms with Crippen molar-refractivity contribution in [2.24, 2.45) is 0 Å². The van der Waals surface area contributed by atoms with Gasteiger partial charge in [-0.25, -0.2) is 0 Å². The first kappa shape index (κ1) is 16.1. The molecule has 16 heavy (non-hydrogen) atoms. The number of halogens is 1. The van der Waals surface area contributed by atoms with E-state index < -0.39 is 0 Å². The molecule has 0 spiro atoms. The molecule has 4 heteroatoms. The van der Waals surface area contributed by atoms with Crippen molar-refractivity contribution in [3.63, 3.8) is 0 Å². The molecule has 0 aliphatic carbocycles. The number of rotatable bonds is 0. The third-order valence-corrected chi connectivity index (χ3v) is 2.03. The van der Waals surface area contributed by atoms with Crippen LogP contribution in [-0.4, -0.2) is 0 Å². The van der Waals surface area contributed by atoms with Crippen LogP contribution in [0.15, 0.2) is 70.5 Å². The maximum atomic E-state index is 4.81. The molecule has 0 aliphatic rings. The minimum Gasteiger partial charge on any atom is -0.780 e. The van der Waals surface area contributed by atoms with Gasteiger partial charge in [0.1, 0.15) is 0 Å². The third-order valence-electron chi connectivity index (χ3n) is 1.49. The molecule has 90 valence electrons. The van der Waals surface area contributed by atoms with Crippen LogP contribution in [-0.2, 0) is 38.0 Å². The smallest absolute Gasteiger partial charge is 0.0624 e. The van der Waals surface area contributed by atoms with Crippen LogP contribution in [0.2, 0.25) is 0 Å². The van der Waals surface area contributed by atoms with Crippen molar-refractivity contribution < 1.29 is 12.8 Å². The fourth-order valence-electron chi connectivity index (χ4n) is 0.841. The molecule has 0 saturated carbocycles. The van der Waals surface area contributed by atoms with E-state index >= 15 is 0 Å². The maximum absolute atomic E-state index is 4.81. The van der Waals surface area contributed by atoms with Crippen LogP contribution in [0.1, 0.15) is 0 Å². The topological polar surface area (TPSA) is 0 Å². The summed E-state index contributed by atoms with van der Waals surface area (Å²) in [6.45, 7) is 0. The zero-order valence-corrected chi connectivity index (χ0v) is 13.0. The van der Waals surface area contributed by atoms with Crippen LogP contribution < -0.4 is 0 Å². The summed E-state index contributed by atoms with van der Waals surface area (Å²) in [7, 11) is 0. The van der Waals surface area contributed by atoms with E-state index in [1.54, 1.807) is 20.3 Å². The van der Waals surface area contributed by atoms with E-state index in [0.29, 0.717) is 0 Å². The van der Waals surface area contributed by atoms with E-state index in [1.807, 2.05) is 60.7 Å². The Morgan fingerprint density at radius 3 is 1.00 bits per heavy atom. The van der Waals surface area contributed by atoms with Gasteiger partial charge in [0.15, 0.2) is 0 Å². The summed E-state index contributed by atoms with van der Waals surface area (Å²) in [6, 6.07) is 19.2. The van der Waals surface area contributed by atoms with Crippen molar-refractivity contribution in [1.29, 1.82) is 0 Å². The van der Waals surface area contributed by atoms with Crippen molar-refractivity contribution in [2.75, 3.05) is 0 Å². The quantitative estimate of drug-likeness (QED) is 0.366. The van der Waals surface area contributed by atoms with Gasteiger partial charge in [0.2, 0.25) is 0 Å². The van der Waals surface area contributed by atoms with E-state index in [2.05, 4.69) is 12.8 Å². The summed E-state index contributed by atoms with van der Waals surface area (Å²) in [5, 5.41) is 0. The summed E-state index contributed by atoms with van der Waals surface area (Å²) in [5.41, 5.74) is 0. The summed E-state index contributed by atoms with van der Waals surface area (Å²) >= 11 is 15.5. The second kappa shape index (κ2) is 11.6. The largest absolute Gasteiger partial charge is 0.780 e. The Kier molecular flexibility index (Phi) is 11.7. The van der Waals surface area contributed by atoms with Gasteiger partial charge in [0, 0.05) is 0 Å². The van der Waals surface area contributed by atoms with Crippen LogP contribution >= 0.6 is 20.3 Å². The molecule has 0 amide bonds. The standard InChI is InChI=1S/2C6H6S.Cu.HI/c2*7-6-4-2-1-3-5-6;;/h2*1-5,7H;;1H/q;;+1;/p-3. The third kappa shape index (κ3) is 9.36. The zero-order chi connectivity index (χ0) is 12.2. The van der Waals surface area contributed by atoms with Crippen LogP contribution in [0, 0.1) is 0 Å². The van der Waals surface area contributed by atoms with Gasteiger partial charge in [-0.05, 0) is 0 Å². The van der Waals surface area contributed by atoms with Gasteiger partial charge in [-0.1, -0.05) is 60.7 Å². The second-order valence-corrected chi connectivity index (χ2v) is 3.57. The van der Waals surface area contributed by atoms with Crippen LogP contribution in [0.4, 0.5) is 0 Å². The zero-order valence-electron chi connectivity index (χ0n) is 8.27. The van der Waals surface area contributed by atoms with Gasteiger partial charge in [0.25, 0.3) is 0 Å². The van der Waals surface area contributed by atoms with Gasteiger partial charge in [-0.3, -0.25) is 0 Å². The molecule has 0 heterocycles. The van der Waals surface area contributed by atoms with Gasteiger partial charge in [-0.2, -0.15) is 9.79 Å². The van der Waals surface area contributed by atoms with E-state index in [1.165, 1.54) is 0 Å². The molecule has 2 aromatic carbocycles. The number of hydrogen-bond acceptors (Lipinski definition) is 2. The minimum absolute atomic E-state index is 0.905. The molecule has 0 nitrogen and oxygen atoms in total. The Balaban J connectivity index is 0.000000244. The van der Waals surface area contributed by atoms with Crippen LogP contribution in [0.5, 0.6) is 0 Å². The summed E-state index contributed by atoms with van der Waals surface area (Å²) in [6.07, 6.45) is 0. The van der Waals surface area contributed by atoms with Crippen molar-refractivity contribution in [3.8, 4) is 0 Å². The van der Waals surface area contributed by atoms with E-state index in [-0.39, 0.29) is 0 Å². The van der Waals surface area contributed by atoms with Gasteiger partial charge >= 0.3 is 33.1 Å². The normalized spacial score (nSPS) is 7.94. The molecule has 0 radical (unpaired) electrons. The molecular formula is C12H10CuIS2-2. The molecule has 2 rings (SSSR count). The first-order valence-corrected chi connectivity index (χ1v) is 8.20. The second-order valence-electron chi connectivity index (χ2n) is 2.63. The minimum atomic E-state index is 0.905. The molecule has 2 aromatic rings. The molecule has 0 bridgehead atoms. The molecule has 0 fully saturated rings. The molecule has 0 unspecified atom stereocenters. The van der Waals surface area contributed by atoms with Gasteiger partial charge in [0.05, 0.1) is 0 Å². The maximum Gasteiger partial charge on any atom is -0.0624 e. The summed E-state index contributed by atoms with van der Waals surface area (Å²) in [4.78, 5) is 1.81. The monoisotopic (exact) mass is 408 g/mol. The average molecular weight is 409 g/mol. The molecule has 0 aliphatic heterocycles. The van der Waals surface area contributed by atoms with Crippen LogP contribution in [0.25, 0.3) is 0 Å². The van der Waals surface area contributed by atoms with Crippen molar-refractivity contribution >= 4 is 45.6 Å². The molecule has 0 N–H and O–H groups in total. The number of hydrogen-bond donors (Lipinski definition) is 0. The first-order chi connectivity index (χ1) is 7.79. The molecule has 0 saturated heterocycles. The SMILES string of the molecule is [Cu][I].[S-]c1ccccc1.[S-]c1ccccc1. The fourth-order valence-corrected chi connectivity index (χ4v) is 1.16. The molecule has 0 atom stereocenters. The predicted octanol–water partition coefficient (Wildman–Crippen LogP) is 4.07. The van der Waals surface area contributed by atoms with Gasteiger partial charge in [-0.15, -0.1) is 0 Å². The Bertz CT molecular complexity index is 316. The molecule has 0 aromatic heterocycles. The first-order valence-electron chi connectivity index (χ1n) is 4.34. The van der Waals surface area contributed by atoms with E-state index in [4.69, 9.17) is 25.3 Å². The van der Waals surface area contributed by atoms with Gasteiger partial charge < -0.3 is 25.3 Å². The summed E-state index contributed by atoms with van der Waals surface area (Å²) < 4.78 is 0. The Morgan fingerprint density at radius 1 is 0.625 bits per heavy atom. The summed E-state index contributed by atoms with van der Waals surface area (Å²) in [5.74, 6) is 0. The fraction of sp³-hybridized carbons (Fsp3) is 0. The van der Waals surface area contributed by atoms with Crippen molar-refractivity contribution in [2.45, 2.75) is 9.79 Å². The average Bonchev–Trinajstić information content (AvgIpc) is 2.34. The molecular weight excluding hydrogens is 399 g/mol. The van der Waals surface area contributed by atoms with E-state index in [9.17, 15) is 0 Å². The van der Waals surface area contributed by atoms with Crippen LogP contribution in [0.3, 0.4) is 0 Å². The predicted molar refractivity (Wildman–Crippen MR) is 78.2 cm³/mol. The Hall–Kier alpha value is 0.129.